The molecule has 1 heterocycles. The van der Waals surface area contributed by atoms with Crippen molar-refractivity contribution in [3.05, 3.63) is 17.8 Å². The molecule has 4 heteroatoms. The van der Waals surface area contributed by atoms with Gasteiger partial charge in [0.25, 0.3) is 0 Å². The van der Waals surface area contributed by atoms with E-state index in [0.29, 0.717) is 11.4 Å². The van der Waals surface area contributed by atoms with E-state index in [0.717, 1.165) is 5.75 Å². The standard InChI is InChI=1S/C8H12N2OS/c1-3-12-8(11)6-4-5-10(2)7(6)9/h4-5H,3,9H2,1-2H3. The van der Waals surface area contributed by atoms with Crippen LogP contribution in [0, 0.1) is 0 Å². The second kappa shape index (κ2) is 3.67. The van der Waals surface area contributed by atoms with E-state index in [1.165, 1.54) is 11.8 Å². The zero-order chi connectivity index (χ0) is 9.14. The van der Waals surface area contributed by atoms with Gasteiger partial charge in [-0.25, -0.2) is 0 Å². The molecule has 0 saturated carbocycles. The number of aromatic nitrogens is 1. The van der Waals surface area contributed by atoms with Gasteiger partial charge in [0.1, 0.15) is 5.82 Å². The van der Waals surface area contributed by atoms with Gasteiger partial charge in [-0.3, -0.25) is 4.79 Å². The number of nitrogens with two attached hydrogens (primary N) is 1. The third-order valence-electron chi connectivity index (χ3n) is 1.62. The summed E-state index contributed by atoms with van der Waals surface area (Å²) in [5.41, 5.74) is 6.28. The number of nitrogen functional groups attached to an aromatic ring is 1. The highest BCUT2D eigenvalue weighted by molar-refractivity contribution is 8.14. The third kappa shape index (κ3) is 1.64. The molecular weight excluding hydrogens is 172 g/mol. The molecule has 0 spiro atoms. The first-order chi connectivity index (χ1) is 5.66. The summed E-state index contributed by atoms with van der Waals surface area (Å²) in [7, 11) is 1.82. The number of hydrogen-bond donors (Lipinski definition) is 1. The summed E-state index contributed by atoms with van der Waals surface area (Å²) in [6, 6.07) is 1.75. The van der Waals surface area contributed by atoms with Crippen LogP contribution in [0.1, 0.15) is 17.3 Å². The van der Waals surface area contributed by atoms with E-state index >= 15 is 0 Å². The van der Waals surface area contributed by atoms with Gasteiger partial charge in [-0.05, 0) is 11.8 Å². The highest BCUT2D eigenvalue weighted by Gasteiger charge is 2.11. The Balaban J connectivity index is 2.88. The molecule has 0 atom stereocenters. The molecular formula is C8H12N2OS. The van der Waals surface area contributed by atoms with Crippen LogP contribution in [0.5, 0.6) is 0 Å². The molecule has 0 saturated heterocycles. The summed E-state index contributed by atoms with van der Waals surface area (Å²) in [6.45, 7) is 1.95. The molecule has 0 fully saturated rings. The molecule has 0 aromatic carbocycles. The average molecular weight is 184 g/mol. The molecule has 0 radical (unpaired) electrons. The lowest BCUT2D eigenvalue weighted by atomic mass is 10.3. The number of aryl methyl sites for hydroxylation is 1. The first-order valence-corrected chi connectivity index (χ1v) is 4.73. The predicted octanol–water partition coefficient (Wildman–Crippen LogP) is 1.50. The number of anilines is 1. The van der Waals surface area contributed by atoms with E-state index in [-0.39, 0.29) is 5.12 Å². The van der Waals surface area contributed by atoms with Crippen molar-refractivity contribution in [3.63, 3.8) is 0 Å². The Hall–Kier alpha value is -0.900. The van der Waals surface area contributed by atoms with Crippen LogP contribution in [0.3, 0.4) is 0 Å². The highest BCUT2D eigenvalue weighted by Crippen LogP contribution is 2.18. The van der Waals surface area contributed by atoms with Crippen LogP contribution in [0.4, 0.5) is 5.82 Å². The van der Waals surface area contributed by atoms with E-state index in [9.17, 15) is 4.79 Å². The summed E-state index contributed by atoms with van der Waals surface area (Å²) < 4.78 is 1.74. The number of thioether (sulfide) groups is 1. The number of rotatable bonds is 2. The van der Waals surface area contributed by atoms with E-state index in [1.807, 2.05) is 14.0 Å². The van der Waals surface area contributed by atoms with Crippen LogP contribution >= 0.6 is 11.8 Å². The van der Waals surface area contributed by atoms with Gasteiger partial charge in [0.2, 0.25) is 5.12 Å². The Morgan fingerprint density at radius 1 is 1.75 bits per heavy atom. The molecule has 0 aliphatic heterocycles. The van der Waals surface area contributed by atoms with Crippen molar-refractivity contribution in [3.8, 4) is 0 Å². The van der Waals surface area contributed by atoms with Crippen molar-refractivity contribution in [1.29, 1.82) is 0 Å². The zero-order valence-corrected chi connectivity index (χ0v) is 8.02. The molecule has 1 aromatic heterocycles. The monoisotopic (exact) mass is 184 g/mol. The molecule has 2 N–H and O–H groups in total. The fourth-order valence-electron chi connectivity index (χ4n) is 0.923. The SMILES string of the molecule is CCSC(=O)c1ccn(C)c1N. The molecule has 1 rings (SSSR count). The van der Waals surface area contributed by atoms with E-state index in [2.05, 4.69) is 0 Å². The molecule has 1 aromatic rings. The van der Waals surface area contributed by atoms with Crippen molar-refractivity contribution >= 4 is 22.7 Å². The quantitative estimate of drug-likeness (QED) is 0.757. The van der Waals surface area contributed by atoms with Crippen molar-refractivity contribution in [2.45, 2.75) is 6.92 Å². The number of nitrogens with zero attached hydrogens (tertiary/aromatic N) is 1. The summed E-state index contributed by atoms with van der Waals surface area (Å²) in [4.78, 5) is 11.3. The summed E-state index contributed by atoms with van der Waals surface area (Å²) in [5, 5.41) is 0.0515. The van der Waals surface area contributed by atoms with Crippen molar-refractivity contribution in [2.75, 3.05) is 11.5 Å². The Kier molecular flexibility index (Phi) is 2.81. The van der Waals surface area contributed by atoms with Crippen LogP contribution in [-0.2, 0) is 7.05 Å². The topological polar surface area (TPSA) is 48.0 Å². The minimum Gasteiger partial charge on any atom is -0.384 e. The first-order valence-electron chi connectivity index (χ1n) is 3.74. The van der Waals surface area contributed by atoms with Crippen LogP contribution in [-0.4, -0.2) is 15.4 Å². The number of carbonyl (C=O) groups excluding carboxylic acids is 1. The van der Waals surface area contributed by atoms with Gasteiger partial charge in [0.15, 0.2) is 0 Å². The largest absolute Gasteiger partial charge is 0.384 e. The lowest BCUT2D eigenvalue weighted by Gasteiger charge is -1.98. The maximum Gasteiger partial charge on any atom is 0.223 e. The van der Waals surface area contributed by atoms with Gasteiger partial charge in [0, 0.05) is 13.2 Å². The Labute approximate surface area is 75.9 Å². The van der Waals surface area contributed by atoms with E-state index in [4.69, 9.17) is 5.73 Å². The van der Waals surface area contributed by atoms with Gasteiger partial charge in [-0.15, -0.1) is 0 Å². The number of hydrogen-bond acceptors (Lipinski definition) is 3. The van der Waals surface area contributed by atoms with Crippen LogP contribution < -0.4 is 5.73 Å². The molecule has 0 amide bonds. The van der Waals surface area contributed by atoms with Gasteiger partial charge >= 0.3 is 0 Å². The average Bonchev–Trinajstić information content (AvgIpc) is 2.34. The Bertz CT molecular complexity index is 293. The minimum absolute atomic E-state index is 0.0515. The van der Waals surface area contributed by atoms with Gasteiger partial charge in [-0.2, -0.15) is 0 Å². The van der Waals surface area contributed by atoms with Crippen molar-refractivity contribution < 1.29 is 4.79 Å². The summed E-state index contributed by atoms with van der Waals surface area (Å²) in [6.07, 6.45) is 1.79. The van der Waals surface area contributed by atoms with Crippen LogP contribution in [0.25, 0.3) is 0 Å². The lowest BCUT2D eigenvalue weighted by molar-refractivity contribution is 0.109. The van der Waals surface area contributed by atoms with Crippen LogP contribution in [0.15, 0.2) is 12.3 Å². The Morgan fingerprint density at radius 3 is 2.83 bits per heavy atom. The normalized spacial score (nSPS) is 10.2. The fraction of sp³-hybridized carbons (Fsp3) is 0.375. The highest BCUT2D eigenvalue weighted by atomic mass is 32.2. The second-order valence-electron chi connectivity index (χ2n) is 2.45. The van der Waals surface area contributed by atoms with Gasteiger partial charge < -0.3 is 10.3 Å². The van der Waals surface area contributed by atoms with Crippen LogP contribution in [0.2, 0.25) is 0 Å². The second-order valence-corrected chi connectivity index (χ2v) is 3.68. The molecule has 0 aliphatic rings. The lowest BCUT2D eigenvalue weighted by Crippen LogP contribution is -2.01. The molecule has 0 unspecified atom stereocenters. The van der Waals surface area contributed by atoms with Gasteiger partial charge in [-0.1, -0.05) is 18.7 Å². The van der Waals surface area contributed by atoms with E-state index in [1.54, 1.807) is 16.8 Å². The molecule has 66 valence electrons. The summed E-state index contributed by atoms with van der Waals surface area (Å²) >= 11 is 1.28. The maximum atomic E-state index is 11.3. The predicted molar refractivity (Wildman–Crippen MR) is 52.3 cm³/mol. The maximum absolute atomic E-state index is 11.3. The third-order valence-corrected chi connectivity index (χ3v) is 2.39. The van der Waals surface area contributed by atoms with Crippen molar-refractivity contribution in [1.82, 2.24) is 4.57 Å². The zero-order valence-electron chi connectivity index (χ0n) is 7.20. The Morgan fingerprint density at radius 2 is 2.42 bits per heavy atom. The number of carbonyl (C=O) groups is 1. The summed E-state index contributed by atoms with van der Waals surface area (Å²) in [5.74, 6) is 1.33. The minimum atomic E-state index is 0.0515. The molecule has 0 aliphatic carbocycles. The smallest absolute Gasteiger partial charge is 0.223 e. The molecule has 0 bridgehead atoms. The molecule has 12 heavy (non-hydrogen) atoms. The fourth-order valence-corrected chi connectivity index (χ4v) is 1.51. The van der Waals surface area contributed by atoms with Crippen molar-refractivity contribution in [2.24, 2.45) is 7.05 Å². The van der Waals surface area contributed by atoms with Gasteiger partial charge in [0.05, 0.1) is 5.56 Å². The molecule has 3 nitrogen and oxygen atoms in total. The van der Waals surface area contributed by atoms with E-state index < -0.39 is 0 Å². The first kappa shape index (κ1) is 9.19.